The lowest BCUT2D eigenvalue weighted by molar-refractivity contribution is 0.487. The van der Waals surface area contributed by atoms with Gasteiger partial charge in [0, 0.05) is 10.9 Å². The second-order valence-electron chi connectivity index (χ2n) is 14.3. The maximum atomic E-state index is 6.44. The van der Waals surface area contributed by atoms with Gasteiger partial charge in [0.15, 0.2) is 0 Å². The summed E-state index contributed by atoms with van der Waals surface area (Å²) in [6.45, 7) is 0. The molecule has 0 radical (unpaired) electrons. The molecule has 0 N–H and O–H groups in total. The molecule has 9 aromatic rings. The highest BCUT2D eigenvalue weighted by molar-refractivity contribution is 6.08. The van der Waals surface area contributed by atoms with Crippen molar-refractivity contribution in [1.29, 1.82) is 0 Å². The van der Waals surface area contributed by atoms with E-state index in [-0.39, 0.29) is 0 Å². The molecule has 1 unspecified atom stereocenters. The van der Waals surface area contributed by atoms with E-state index in [0.717, 1.165) is 17.1 Å². The number of fused-ring (bicyclic) bond motifs is 14. The minimum Gasteiger partial charge on any atom is -0.456 e. The first-order valence-corrected chi connectivity index (χ1v) is 18.1. The molecule has 1 nitrogen and oxygen atoms in total. The van der Waals surface area contributed by atoms with Crippen molar-refractivity contribution < 1.29 is 4.74 Å². The summed E-state index contributed by atoms with van der Waals surface area (Å²) >= 11 is 0. The van der Waals surface area contributed by atoms with Crippen LogP contribution in [-0.2, 0) is 5.41 Å². The third-order valence-electron chi connectivity index (χ3n) is 11.9. The molecule has 1 heteroatoms. The van der Waals surface area contributed by atoms with Gasteiger partial charge in [0.2, 0.25) is 0 Å². The Morgan fingerprint density at radius 3 is 1.83 bits per heavy atom. The Balaban J connectivity index is 1.07. The molecule has 3 aliphatic rings. The first-order valence-electron chi connectivity index (χ1n) is 18.1. The number of hydrogen-bond acceptors (Lipinski definition) is 1. The molecule has 0 fully saturated rings. The second kappa shape index (κ2) is 10.2. The Morgan fingerprint density at radius 1 is 0.327 bits per heavy atom. The molecule has 1 heterocycles. The number of benzene rings is 9. The van der Waals surface area contributed by atoms with Crippen LogP contribution in [0.4, 0.5) is 0 Å². The Kier molecular flexibility index (Phi) is 5.49. The highest BCUT2D eigenvalue weighted by Crippen LogP contribution is 2.65. The molecular formula is C51H30O. The van der Waals surface area contributed by atoms with Gasteiger partial charge in [-0.3, -0.25) is 0 Å². The molecule has 0 amide bonds. The molecule has 12 rings (SSSR count). The minimum atomic E-state index is -0.398. The van der Waals surface area contributed by atoms with Gasteiger partial charge in [-0.1, -0.05) is 158 Å². The molecule has 240 valence electrons. The SMILES string of the molecule is c1cc(-c2ccc3c(c2)-c2cccc4cccc(c24)O3)cc(-c2cccc3c2-c2ccccc2C32c3ccccc3-c3c2ccc2ccccc32)c1. The Hall–Kier alpha value is -6.70. The average molecular weight is 659 g/mol. The van der Waals surface area contributed by atoms with Crippen LogP contribution in [0, 0.1) is 0 Å². The van der Waals surface area contributed by atoms with Crippen LogP contribution in [0.2, 0.25) is 0 Å². The van der Waals surface area contributed by atoms with Crippen LogP contribution < -0.4 is 4.74 Å². The van der Waals surface area contributed by atoms with Gasteiger partial charge in [0.25, 0.3) is 0 Å². The van der Waals surface area contributed by atoms with Gasteiger partial charge in [-0.15, -0.1) is 0 Å². The van der Waals surface area contributed by atoms with E-state index in [1.807, 2.05) is 0 Å². The van der Waals surface area contributed by atoms with Gasteiger partial charge in [0.1, 0.15) is 11.5 Å². The summed E-state index contributed by atoms with van der Waals surface area (Å²) in [4.78, 5) is 0. The summed E-state index contributed by atoms with van der Waals surface area (Å²) in [6, 6.07) is 67.3. The van der Waals surface area contributed by atoms with Gasteiger partial charge < -0.3 is 4.74 Å². The van der Waals surface area contributed by atoms with E-state index in [4.69, 9.17) is 4.74 Å². The fraction of sp³-hybridized carbons (Fsp3) is 0.0196. The summed E-state index contributed by atoms with van der Waals surface area (Å²) in [5.74, 6) is 1.82. The first-order chi connectivity index (χ1) is 25.8. The summed E-state index contributed by atoms with van der Waals surface area (Å²) in [5, 5.41) is 4.97. The predicted octanol–water partition coefficient (Wildman–Crippen LogP) is 13.4. The molecule has 0 saturated carbocycles. The number of ether oxygens (including phenoxy) is 1. The summed E-state index contributed by atoms with van der Waals surface area (Å²) in [7, 11) is 0. The quantitative estimate of drug-likeness (QED) is 0.180. The van der Waals surface area contributed by atoms with Crippen LogP contribution in [0.15, 0.2) is 182 Å². The lowest BCUT2D eigenvalue weighted by Crippen LogP contribution is -2.25. The van der Waals surface area contributed by atoms with Crippen molar-refractivity contribution in [1.82, 2.24) is 0 Å². The molecule has 0 aromatic heterocycles. The standard InChI is InChI=1S/C51H30O/c1-2-16-36-31(11-1)25-27-45-49(36)39-17-3-5-21-42(39)51(45)43-22-6-4-18-40(43)50-37(19-10-23-44(50)51)35-15-7-14-33(29-35)34-26-28-46-41(30-34)38-20-8-12-32-13-9-24-47(52-46)48(32)38/h1-30H. The lowest BCUT2D eigenvalue weighted by Gasteiger charge is -2.30. The zero-order valence-electron chi connectivity index (χ0n) is 28.2. The predicted molar refractivity (Wildman–Crippen MR) is 214 cm³/mol. The van der Waals surface area contributed by atoms with Gasteiger partial charge in [-0.25, -0.2) is 0 Å². The summed E-state index contributed by atoms with van der Waals surface area (Å²) in [6.07, 6.45) is 0. The van der Waals surface area contributed by atoms with Crippen molar-refractivity contribution in [2.45, 2.75) is 5.41 Å². The maximum absolute atomic E-state index is 6.44. The van der Waals surface area contributed by atoms with Crippen LogP contribution >= 0.6 is 0 Å². The van der Waals surface area contributed by atoms with Crippen molar-refractivity contribution >= 4 is 21.5 Å². The van der Waals surface area contributed by atoms with Crippen molar-refractivity contribution in [3.8, 4) is 67.1 Å². The normalized spacial score (nSPS) is 15.5. The van der Waals surface area contributed by atoms with Crippen molar-refractivity contribution in [3.05, 3.63) is 204 Å². The zero-order chi connectivity index (χ0) is 34.0. The van der Waals surface area contributed by atoms with Gasteiger partial charge in [-0.2, -0.15) is 0 Å². The third-order valence-corrected chi connectivity index (χ3v) is 11.9. The fourth-order valence-electron chi connectivity index (χ4n) is 9.81. The number of hydrogen-bond donors (Lipinski definition) is 0. The lowest BCUT2D eigenvalue weighted by atomic mass is 9.70. The molecule has 1 spiro atoms. The largest absolute Gasteiger partial charge is 0.456 e. The van der Waals surface area contributed by atoms with E-state index in [1.54, 1.807) is 0 Å². The van der Waals surface area contributed by atoms with Crippen LogP contribution in [0.1, 0.15) is 22.3 Å². The van der Waals surface area contributed by atoms with Crippen molar-refractivity contribution in [2.24, 2.45) is 0 Å². The zero-order valence-corrected chi connectivity index (χ0v) is 28.2. The Bertz CT molecular complexity index is 3000. The topological polar surface area (TPSA) is 9.23 Å². The minimum absolute atomic E-state index is 0.398. The molecule has 0 saturated heterocycles. The summed E-state index contributed by atoms with van der Waals surface area (Å²) in [5.41, 5.74) is 17.6. The van der Waals surface area contributed by atoms with Gasteiger partial charge in [-0.05, 0) is 113 Å². The van der Waals surface area contributed by atoms with E-state index in [2.05, 4.69) is 182 Å². The Labute approximate surface area is 302 Å². The van der Waals surface area contributed by atoms with Crippen LogP contribution in [0.3, 0.4) is 0 Å². The highest BCUT2D eigenvalue weighted by atomic mass is 16.5. The molecule has 52 heavy (non-hydrogen) atoms. The smallest absolute Gasteiger partial charge is 0.135 e. The van der Waals surface area contributed by atoms with Crippen LogP contribution in [-0.4, -0.2) is 0 Å². The molecular weight excluding hydrogens is 629 g/mol. The van der Waals surface area contributed by atoms with Crippen LogP contribution in [0.25, 0.3) is 77.2 Å². The Morgan fingerprint density at radius 2 is 0.942 bits per heavy atom. The van der Waals surface area contributed by atoms with Crippen molar-refractivity contribution in [3.63, 3.8) is 0 Å². The number of rotatable bonds is 2. The monoisotopic (exact) mass is 658 g/mol. The molecule has 9 aromatic carbocycles. The van der Waals surface area contributed by atoms with E-state index in [9.17, 15) is 0 Å². The molecule has 1 atom stereocenters. The fourth-order valence-corrected chi connectivity index (χ4v) is 9.81. The third kappa shape index (κ3) is 3.52. The van der Waals surface area contributed by atoms with E-state index >= 15 is 0 Å². The van der Waals surface area contributed by atoms with Gasteiger partial charge >= 0.3 is 0 Å². The van der Waals surface area contributed by atoms with Crippen molar-refractivity contribution in [2.75, 3.05) is 0 Å². The molecule has 1 aliphatic heterocycles. The maximum Gasteiger partial charge on any atom is 0.135 e. The highest BCUT2D eigenvalue weighted by Gasteiger charge is 2.52. The van der Waals surface area contributed by atoms with E-state index < -0.39 is 5.41 Å². The van der Waals surface area contributed by atoms with E-state index in [1.165, 1.54) is 93.9 Å². The molecule has 0 bridgehead atoms. The summed E-state index contributed by atoms with van der Waals surface area (Å²) < 4.78 is 6.44. The first kappa shape index (κ1) is 28.0. The molecule has 2 aliphatic carbocycles. The van der Waals surface area contributed by atoms with Gasteiger partial charge in [0.05, 0.1) is 5.41 Å². The van der Waals surface area contributed by atoms with Crippen LogP contribution in [0.5, 0.6) is 11.5 Å². The second-order valence-corrected chi connectivity index (χ2v) is 14.3. The average Bonchev–Trinajstić information content (AvgIpc) is 3.69. The van der Waals surface area contributed by atoms with E-state index in [0.29, 0.717) is 0 Å².